The van der Waals surface area contributed by atoms with Crippen molar-refractivity contribution in [3.8, 4) is 28.6 Å². The fourth-order valence-electron chi connectivity index (χ4n) is 8.17. The summed E-state index contributed by atoms with van der Waals surface area (Å²) in [6, 6.07) is 55.2. The van der Waals surface area contributed by atoms with Crippen LogP contribution in [0.2, 0.25) is 0 Å². The first-order valence-corrected chi connectivity index (χ1v) is 16.7. The highest BCUT2D eigenvalue weighted by Crippen LogP contribution is 2.41. The van der Waals surface area contributed by atoms with Gasteiger partial charge in [-0.1, -0.05) is 97.1 Å². The normalized spacial score (nSPS) is 12.0. The number of para-hydroxylation sites is 6. The summed E-state index contributed by atoms with van der Waals surface area (Å²) in [4.78, 5) is 9.01. The Morgan fingerprint density at radius 3 is 1.92 bits per heavy atom. The van der Waals surface area contributed by atoms with E-state index >= 15 is 0 Å². The minimum atomic E-state index is 0.632. The minimum absolute atomic E-state index is 0.632. The molecule has 7 aromatic carbocycles. The zero-order valence-electron chi connectivity index (χ0n) is 26.7. The lowest BCUT2D eigenvalue weighted by molar-refractivity contribution is 1.11. The zero-order chi connectivity index (χ0) is 32.9. The maximum atomic E-state index is 10.9. The largest absolute Gasteiger partial charge is 0.352 e. The maximum absolute atomic E-state index is 10.9. The van der Waals surface area contributed by atoms with E-state index in [1.54, 1.807) is 0 Å². The Labute approximate surface area is 285 Å². The van der Waals surface area contributed by atoms with Crippen LogP contribution in [0, 0.1) is 11.3 Å². The second-order valence-electron chi connectivity index (χ2n) is 12.8. The number of hydrogen-bond acceptors (Lipinski definition) is 2. The number of fused-ring (bicyclic) bond motifs is 12. The molecular weight excluding hydrogens is 613 g/mol. The number of aromatic nitrogens is 5. The highest BCUT2D eigenvalue weighted by atomic mass is 15.2. The highest BCUT2D eigenvalue weighted by Gasteiger charge is 2.23. The van der Waals surface area contributed by atoms with E-state index in [2.05, 4.69) is 164 Å². The van der Waals surface area contributed by atoms with E-state index in [4.69, 9.17) is 4.98 Å². The predicted molar refractivity (Wildman–Crippen MR) is 203 cm³/mol. The van der Waals surface area contributed by atoms with E-state index in [-0.39, 0.29) is 0 Å². The molecule has 0 unspecified atom stereocenters. The molecule has 11 aromatic rings. The summed E-state index contributed by atoms with van der Waals surface area (Å²) in [6.45, 7) is 0. The van der Waals surface area contributed by atoms with Crippen LogP contribution in [0.1, 0.15) is 5.56 Å². The van der Waals surface area contributed by atoms with Gasteiger partial charge in [0.1, 0.15) is 6.07 Å². The Morgan fingerprint density at radius 1 is 0.500 bits per heavy atom. The first-order valence-electron chi connectivity index (χ1n) is 16.7. The van der Waals surface area contributed by atoms with Gasteiger partial charge in [-0.2, -0.15) is 5.26 Å². The first-order chi connectivity index (χ1) is 24.8. The van der Waals surface area contributed by atoms with Gasteiger partial charge in [0.15, 0.2) is 0 Å². The van der Waals surface area contributed by atoms with Crippen molar-refractivity contribution in [1.29, 1.82) is 5.26 Å². The van der Waals surface area contributed by atoms with E-state index in [9.17, 15) is 5.26 Å². The number of benzene rings is 7. The van der Waals surface area contributed by atoms with E-state index < -0.39 is 0 Å². The lowest BCUT2D eigenvalue weighted by Gasteiger charge is -2.14. The summed E-state index contributed by atoms with van der Waals surface area (Å²) in [5.74, 6) is 0.865. The first kappa shape index (κ1) is 26.9. The molecule has 0 aliphatic heterocycles. The highest BCUT2D eigenvalue weighted by molar-refractivity contribution is 6.19. The van der Waals surface area contributed by atoms with Gasteiger partial charge in [0, 0.05) is 38.4 Å². The van der Waals surface area contributed by atoms with Crippen LogP contribution in [-0.2, 0) is 0 Å². The summed E-state index contributed by atoms with van der Waals surface area (Å²) in [6.07, 6.45) is 0. The van der Waals surface area contributed by atoms with Gasteiger partial charge >= 0.3 is 0 Å². The molecule has 0 bridgehead atoms. The van der Waals surface area contributed by atoms with Crippen molar-refractivity contribution in [2.75, 3.05) is 0 Å². The fraction of sp³-hybridized carbons (Fsp3) is 0. The fourth-order valence-corrected chi connectivity index (χ4v) is 8.17. The summed E-state index contributed by atoms with van der Waals surface area (Å²) in [7, 11) is 0. The molecule has 11 rings (SSSR count). The van der Waals surface area contributed by atoms with Gasteiger partial charge in [0.25, 0.3) is 0 Å². The average Bonchev–Trinajstić information content (AvgIpc) is 3.92. The van der Waals surface area contributed by atoms with Crippen LogP contribution in [0.5, 0.6) is 0 Å². The molecule has 0 saturated heterocycles. The monoisotopic (exact) mass is 638 g/mol. The summed E-state index contributed by atoms with van der Waals surface area (Å²) in [5.41, 5.74) is 12.7. The number of nitrogens with one attached hydrogen (secondary N) is 1. The number of imidazole rings is 2. The lowest BCUT2D eigenvalue weighted by Crippen LogP contribution is -1.99. The molecular formula is C44H26N6. The van der Waals surface area contributed by atoms with E-state index in [1.165, 1.54) is 10.8 Å². The zero-order valence-corrected chi connectivity index (χ0v) is 26.7. The van der Waals surface area contributed by atoms with E-state index in [0.717, 1.165) is 83.2 Å². The molecule has 4 heterocycles. The third-order valence-corrected chi connectivity index (χ3v) is 10.2. The van der Waals surface area contributed by atoms with Gasteiger partial charge in [-0.15, -0.1) is 0 Å². The molecule has 0 spiro atoms. The predicted octanol–water partition coefficient (Wildman–Crippen LogP) is 10.7. The standard InChI is InChI=1S/C44H26N6/c45-26-34-28(16-11-23-38(34)49-36-20-7-4-14-29(36)30-15-5-8-21-37(30)49)31-17-10-18-32-33-24-25-40-43(42(33)47-41(31)32)48(27-12-2-1-3-13-27)44-46-35-19-6-9-22-39(35)50(40)44/h1-25,47H. The molecule has 0 aliphatic carbocycles. The molecule has 4 aromatic heterocycles. The summed E-state index contributed by atoms with van der Waals surface area (Å²) < 4.78 is 6.75. The molecule has 50 heavy (non-hydrogen) atoms. The van der Waals surface area contributed by atoms with Crippen molar-refractivity contribution in [3.63, 3.8) is 0 Å². The van der Waals surface area contributed by atoms with Gasteiger partial charge in [-0.05, 0) is 54.6 Å². The van der Waals surface area contributed by atoms with Gasteiger partial charge in [0.05, 0.1) is 55.4 Å². The van der Waals surface area contributed by atoms with Crippen molar-refractivity contribution in [1.82, 2.24) is 23.5 Å². The SMILES string of the molecule is N#Cc1c(-c2cccc3c2[nH]c2c3ccc3c2n(-c2ccccc2)c2nc4ccccc4n32)cccc1-n1c2ccccc2c2ccccc21. The average molecular weight is 639 g/mol. The van der Waals surface area contributed by atoms with Crippen molar-refractivity contribution in [2.45, 2.75) is 0 Å². The molecule has 6 heteroatoms. The molecule has 0 fully saturated rings. The molecule has 232 valence electrons. The Morgan fingerprint density at radius 2 is 1.14 bits per heavy atom. The second kappa shape index (κ2) is 9.96. The third-order valence-electron chi connectivity index (χ3n) is 10.2. The summed E-state index contributed by atoms with van der Waals surface area (Å²) in [5, 5.41) is 15.4. The van der Waals surface area contributed by atoms with Crippen molar-refractivity contribution < 1.29 is 0 Å². The number of nitriles is 1. The van der Waals surface area contributed by atoms with Crippen molar-refractivity contribution in [3.05, 3.63) is 157 Å². The topological polar surface area (TPSA) is 66.7 Å². The molecule has 0 radical (unpaired) electrons. The molecule has 0 saturated carbocycles. The Hall–Kier alpha value is -7.10. The van der Waals surface area contributed by atoms with Gasteiger partial charge < -0.3 is 9.55 Å². The van der Waals surface area contributed by atoms with Crippen LogP contribution in [0.25, 0.3) is 94.0 Å². The van der Waals surface area contributed by atoms with Gasteiger partial charge in [0.2, 0.25) is 5.78 Å². The van der Waals surface area contributed by atoms with Crippen LogP contribution in [0.3, 0.4) is 0 Å². The molecule has 0 atom stereocenters. The van der Waals surface area contributed by atoms with E-state index in [1.807, 2.05) is 12.1 Å². The quantitative estimate of drug-likeness (QED) is 0.209. The molecule has 1 N–H and O–H groups in total. The molecule has 0 aliphatic rings. The Bertz CT molecular complexity index is 3160. The minimum Gasteiger partial charge on any atom is -0.352 e. The number of nitrogens with zero attached hydrogens (tertiary/aromatic N) is 5. The summed E-state index contributed by atoms with van der Waals surface area (Å²) >= 11 is 0. The van der Waals surface area contributed by atoms with Crippen LogP contribution >= 0.6 is 0 Å². The van der Waals surface area contributed by atoms with Gasteiger partial charge in [-0.25, -0.2) is 4.98 Å². The maximum Gasteiger partial charge on any atom is 0.220 e. The van der Waals surface area contributed by atoms with Crippen LogP contribution in [0.4, 0.5) is 0 Å². The number of rotatable bonds is 3. The molecule has 6 nitrogen and oxygen atoms in total. The third kappa shape index (κ3) is 3.47. The van der Waals surface area contributed by atoms with Crippen molar-refractivity contribution in [2.24, 2.45) is 0 Å². The number of hydrogen-bond donors (Lipinski definition) is 1. The Balaban J connectivity index is 1.22. The Kier molecular flexibility index (Phi) is 5.36. The van der Waals surface area contributed by atoms with Crippen molar-refractivity contribution >= 4 is 71.5 Å². The van der Waals surface area contributed by atoms with Crippen LogP contribution in [0.15, 0.2) is 152 Å². The van der Waals surface area contributed by atoms with Crippen LogP contribution < -0.4 is 0 Å². The lowest BCUT2D eigenvalue weighted by atomic mass is 9.96. The van der Waals surface area contributed by atoms with E-state index in [0.29, 0.717) is 5.56 Å². The second-order valence-corrected chi connectivity index (χ2v) is 12.8. The van der Waals surface area contributed by atoms with Crippen LogP contribution in [-0.4, -0.2) is 23.5 Å². The van der Waals surface area contributed by atoms with Gasteiger partial charge in [-0.3, -0.25) is 8.97 Å². The number of aromatic amines is 1. The smallest absolute Gasteiger partial charge is 0.220 e. The number of H-pyrrole nitrogens is 1. The molecule has 0 amide bonds.